The van der Waals surface area contributed by atoms with Crippen LogP contribution in [0.5, 0.6) is 11.5 Å². The van der Waals surface area contributed by atoms with Crippen molar-refractivity contribution in [1.29, 1.82) is 0 Å². The summed E-state index contributed by atoms with van der Waals surface area (Å²) < 4.78 is 39.3. The number of hydrogen-bond donors (Lipinski definition) is 2. The maximum atomic E-state index is 13.1. The number of nitrogens with one attached hydrogen (secondary N) is 1. The topological polar surface area (TPSA) is 134 Å². The van der Waals surface area contributed by atoms with Gasteiger partial charge in [0.2, 0.25) is 16.1 Å². The Morgan fingerprint density at radius 3 is 2.27 bits per heavy atom. The summed E-state index contributed by atoms with van der Waals surface area (Å²) in [5.41, 5.74) is 0.650. The number of nitrogens with two attached hydrogens (primary N) is 1. The third kappa shape index (κ3) is 5.88. The molecule has 10 heteroatoms. The molecule has 0 bridgehead atoms. The first-order valence-corrected chi connectivity index (χ1v) is 11.2. The quantitative estimate of drug-likeness (QED) is 0.484. The van der Waals surface area contributed by atoms with Gasteiger partial charge in [0.15, 0.2) is 0 Å². The minimum Gasteiger partial charge on any atom is -0.497 e. The first kappa shape index (κ1) is 23.8. The number of hydrogen-bond acceptors (Lipinski definition) is 7. The van der Waals surface area contributed by atoms with Crippen LogP contribution in [0.25, 0.3) is 0 Å². The SMILES string of the molecule is COc1cccc(NC(=O)[C@H](OC(=O)c2cc(S(N)(=O)=O)ccc2OC)c2ccccc2)c1. The molecule has 3 aromatic rings. The Morgan fingerprint density at radius 1 is 0.909 bits per heavy atom. The van der Waals surface area contributed by atoms with Gasteiger partial charge in [-0.3, -0.25) is 4.79 Å². The van der Waals surface area contributed by atoms with Crippen LogP contribution in [0.15, 0.2) is 77.7 Å². The number of benzene rings is 3. The van der Waals surface area contributed by atoms with Crippen molar-refractivity contribution in [2.45, 2.75) is 11.0 Å². The van der Waals surface area contributed by atoms with Gasteiger partial charge in [0.05, 0.1) is 19.1 Å². The highest BCUT2D eigenvalue weighted by Crippen LogP contribution is 2.27. The lowest BCUT2D eigenvalue weighted by Crippen LogP contribution is -2.26. The lowest BCUT2D eigenvalue weighted by molar-refractivity contribution is -0.125. The normalized spacial score (nSPS) is 11.8. The van der Waals surface area contributed by atoms with Gasteiger partial charge in [-0.15, -0.1) is 0 Å². The summed E-state index contributed by atoms with van der Waals surface area (Å²) in [6.07, 6.45) is -1.34. The summed E-state index contributed by atoms with van der Waals surface area (Å²) in [5.74, 6) is -0.991. The van der Waals surface area contributed by atoms with Crippen LogP contribution < -0.4 is 19.9 Å². The summed E-state index contributed by atoms with van der Waals surface area (Å²) >= 11 is 0. The lowest BCUT2D eigenvalue weighted by Gasteiger charge is -2.19. The average molecular weight is 471 g/mol. The molecule has 9 nitrogen and oxygen atoms in total. The minimum atomic E-state index is -4.08. The van der Waals surface area contributed by atoms with Crippen molar-refractivity contribution >= 4 is 27.6 Å². The van der Waals surface area contributed by atoms with Crippen molar-refractivity contribution < 1.29 is 32.2 Å². The van der Waals surface area contributed by atoms with Gasteiger partial charge in [0.25, 0.3) is 5.91 Å². The number of carbonyl (C=O) groups excluding carboxylic acids is 2. The van der Waals surface area contributed by atoms with Crippen LogP contribution in [0, 0.1) is 0 Å². The van der Waals surface area contributed by atoms with E-state index in [1.165, 1.54) is 26.4 Å². The molecule has 0 aliphatic heterocycles. The van der Waals surface area contributed by atoms with E-state index < -0.39 is 28.0 Å². The predicted octanol–water partition coefficient (Wildman–Crippen LogP) is 2.89. The van der Waals surface area contributed by atoms with E-state index >= 15 is 0 Å². The Bertz CT molecular complexity index is 1260. The van der Waals surface area contributed by atoms with Crippen molar-refractivity contribution in [2.75, 3.05) is 19.5 Å². The standard InChI is InChI=1S/C23H22N2O7S/c1-30-17-10-6-9-16(13-17)25-22(26)21(15-7-4-3-5-8-15)32-23(27)19-14-18(33(24,28)29)11-12-20(19)31-2/h3-14,21H,1-2H3,(H,25,26)(H2,24,28,29)/t21-/m1/s1. The van der Waals surface area contributed by atoms with E-state index in [9.17, 15) is 18.0 Å². The van der Waals surface area contributed by atoms with E-state index in [1.807, 2.05) is 0 Å². The van der Waals surface area contributed by atoms with Crippen molar-refractivity contribution in [3.63, 3.8) is 0 Å². The van der Waals surface area contributed by atoms with Crippen molar-refractivity contribution in [1.82, 2.24) is 0 Å². The zero-order valence-corrected chi connectivity index (χ0v) is 18.7. The minimum absolute atomic E-state index is 0.0624. The molecule has 172 valence electrons. The van der Waals surface area contributed by atoms with Crippen molar-refractivity contribution in [3.8, 4) is 11.5 Å². The molecule has 3 N–H and O–H groups in total. The zero-order valence-electron chi connectivity index (χ0n) is 17.8. The summed E-state index contributed by atoms with van der Waals surface area (Å²) in [6.45, 7) is 0. The number of ether oxygens (including phenoxy) is 3. The summed E-state index contributed by atoms with van der Waals surface area (Å²) in [6, 6.07) is 18.6. The zero-order chi connectivity index (χ0) is 24.0. The number of amides is 1. The van der Waals surface area contributed by atoms with E-state index in [2.05, 4.69) is 5.32 Å². The van der Waals surface area contributed by atoms with Gasteiger partial charge in [-0.05, 0) is 30.3 Å². The molecule has 0 fully saturated rings. The van der Waals surface area contributed by atoms with Crippen LogP contribution in [0.2, 0.25) is 0 Å². The molecule has 1 atom stereocenters. The third-order valence-corrected chi connectivity index (χ3v) is 5.53. The van der Waals surface area contributed by atoms with Crippen LogP contribution in [0.1, 0.15) is 22.0 Å². The smallest absolute Gasteiger partial charge is 0.343 e. The molecule has 0 aliphatic carbocycles. The van der Waals surface area contributed by atoms with Gasteiger partial charge in [-0.1, -0.05) is 36.4 Å². The fourth-order valence-corrected chi connectivity index (χ4v) is 3.54. The highest BCUT2D eigenvalue weighted by atomic mass is 32.2. The number of primary sulfonamides is 1. The van der Waals surface area contributed by atoms with Gasteiger partial charge in [0, 0.05) is 17.3 Å². The number of sulfonamides is 1. The molecule has 0 spiro atoms. The van der Waals surface area contributed by atoms with Crippen LogP contribution in [-0.2, 0) is 19.6 Å². The summed E-state index contributed by atoms with van der Waals surface area (Å²) in [5, 5.41) is 7.87. The molecular formula is C23H22N2O7S. The highest BCUT2D eigenvalue weighted by Gasteiger charge is 2.28. The van der Waals surface area contributed by atoms with Gasteiger partial charge in [-0.2, -0.15) is 0 Å². The maximum absolute atomic E-state index is 13.1. The largest absolute Gasteiger partial charge is 0.497 e. The Balaban J connectivity index is 1.94. The van der Waals surface area contributed by atoms with Crippen LogP contribution in [0.3, 0.4) is 0 Å². The predicted molar refractivity (Wildman–Crippen MR) is 121 cm³/mol. The summed E-state index contributed by atoms with van der Waals surface area (Å²) in [4.78, 5) is 25.8. The first-order chi connectivity index (χ1) is 15.7. The fourth-order valence-electron chi connectivity index (χ4n) is 3.00. The van der Waals surface area contributed by atoms with Crippen molar-refractivity contribution in [2.24, 2.45) is 5.14 Å². The third-order valence-electron chi connectivity index (χ3n) is 4.62. The molecule has 3 rings (SSSR count). The Kier molecular flexibility index (Phi) is 7.31. The van der Waals surface area contributed by atoms with Crippen molar-refractivity contribution in [3.05, 3.63) is 83.9 Å². The van der Waals surface area contributed by atoms with E-state index in [4.69, 9.17) is 19.3 Å². The van der Waals surface area contributed by atoms with E-state index in [-0.39, 0.29) is 16.2 Å². The molecule has 0 radical (unpaired) electrons. The Labute approximate surface area is 191 Å². The van der Waals surface area contributed by atoms with Crippen LogP contribution >= 0.6 is 0 Å². The molecule has 1 amide bonds. The second-order valence-corrected chi connectivity index (χ2v) is 8.39. The molecule has 0 aromatic heterocycles. The molecule has 3 aromatic carbocycles. The fraction of sp³-hybridized carbons (Fsp3) is 0.130. The Hall–Kier alpha value is -3.89. The number of methoxy groups -OCH3 is 2. The maximum Gasteiger partial charge on any atom is 0.343 e. The van der Waals surface area contributed by atoms with Crippen LogP contribution in [-0.4, -0.2) is 34.5 Å². The van der Waals surface area contributed by atoms with Gasteiger partial charge in [0.1, 0.15) is 17.1 Å². The van der Waals surface area contributed by atoms with E-state index in [0.717, 1.165) is 6.07 Å². The van der Waals surface area contributed by atoms with Gasteiger partial charge >= 0.3 is 5.97 Å². The van der Waals surface area contributed by atoms with E-state index in [0.29, 0.717) is 17.0 Å². The average Bonchev–Trinajstić information content (AvgIpc) is 2.81. The van der Waals surface area contributed by atoms with Gasteiger partial charge in [-0.25, -0.2) is 18.4 Å². The number of rotatable bonds is 8. The van der Waals surface area contributed by atoms with Gasteiger partial charge < -0.3 is 19.5 Å². The second-order valence-electron chi connectivity index (χ2n) is 6.82. The molecule has 0 saturated carbocycles. The molecule has 0 unspecified atom stereocenters. The first-order valence-electron chi connectivity index (χ1n) is 9.64. The molecule has 0 saturated heterocycles. The number of anilines is 1. The number of esters is 1. The number of carbonyl (C=O) groups is 2. The lowest BCUT2D eigenvalue weighted by atomic mass is 10.1. The Morgan fingerprint density at radius 2 is 1.64 bits per heavy atom. The molecular weight excluding hydrogens is 448 g/mol. The van der Waals surface area contributed by atoms with Crippen LogP contribution in [0.4, 0.5) is 5.69 Å². The monoisotopic (exact) mass is 470 g/mol. The molecule has 0 heterocycles. The van der Waals surface area contributed by atoms with E-state index in [1.54, 1.807) is 54.6 Å². The second kappa shape index (κ2) is 10.2. The molecule has 33 heavy (non-hydrogen) atoms. The molecule has 0 aliphatic rings. The summed E-state index contributed by atoms with van der Waals surface area (Å²) in [7, 11) is -1.27. The highest BCUT2D eigenvalue weighted by molar-refractivity contribution is 7.89.